The highest BCUT2D eigenvalue weighted by Crippen LogP contribution is 2.35. The lowest BCUT2D eigenvalue weighted by Crippen LogP contribution is -2.59. The van der Waals surface area contributed by atoms with Crippen molar-refractivity contribution in [1.29, 1.82) is 0 Å². The van der Waals surface area contributed by atoms with Gasteiger partial charge < -0.3 is 5.73 Å². The number of nitrogens with two attached hydrogens (primary N) is 1. The van der Waals surface area contributed by atoms with Gasteiger partial charge >= 0.3 is 0 Å². The Labute approximate surface area is 112 Å². The molecule has 1 rings (SSSR count). The predicted octanol–water partition coefficient (Wildman–Crippen LogP) is 1.17. The van der Waals surface area contributed by atoms with E-state index < -0.39 is 10.2 Å². The first-order chi connectivity index (χ1) is 8.40. The molecule has 1 aliphatic rings. The molecule has 0 saturated heterocycles. The van der Waals surface area contributed by atoms with Gasteiger partial charge in [0, 0.05) is 32.7 Å². The van der Waals surface area contributed by atoms with Crippen LogP contribution >= 0.6 is 0 Å². The minimum atomic E-state index is -3.38. The van der Waals surface area contributed by atoms with Gasteiger partial charge in [-0.2, -0.15) is 17.0 Å². The molecule has 1 aliphatic carbocycles. The van der Waals surface area contributed by atoms with Crippen LogP contribution in [0.4, 0.5) is 0 Å². The molecule has 0 aromatic rings. The van der Waals surface area contributed by atoms with Crippen LogP contribution in [0.15, 0.2) is 0 Å². The average Bonchev–Trinajstić information content (AvgIpc) is 2.36. The molecule has 0 amide bonds. The summed E-state index contributed by atoms with van der Waals surface area (Å²) in [7, 11) is -0.208. The van der Waals surface area contributed by atoms with Crippen molar-refractivity contribution in [2.75, 3.05) is 27.2 Å². The topological polar surface area (TPSA) is 66.6 Å². The number of hydrogen-bond donors (Lipinski definition) is 1. The first-order valence-electron chi connectivity index (χ1n) is 6.81. The molecule has 0 heterocycles. The summed E-state index contributed by atoms with van der Waals surface area (Å²) in [4.78, 5) is 0. The van der Waals surface area contributed by atoms with Crippen molar-refractivity contribution in [3.8, 4) is 0 Å². The Morgan fingerprint density at radius 2 is 1.72 bits per heavy atom. The summed E-state index contributed by atoms with van der Waals surface area (Å²) >= 11 is 0. The fourth-order valence-electron chi connectivity index (χ4n) is 2.76. The van der Waals surface area contributed by atoms with Crippen LogP contribution in [0.25, 0.3) is 0 Å². The van der Waals surface area contributed by atoms with Crippen LogP contribution in [0.3, 0.4) is 0 Å². The summed E-state index contributed by atoms with van der Waals surface area (Å²) in [5, 5.41) is 0. The summed E-state index contributed by atoms with van der Waals surface area (Å²) in [6, 6.07) is 0. The van der Waals surface area contributed by atoms with Crippen molar-refractivity contribution in [1.82, 2.24) is 8.61 Å². The molecular weight excluding hydrogens is 250 g/mol. The summed E-state index contributed by atoms with van der Waals surface area (Å²) < 4.78 is 27.9. The van der Waals surface area contributed by atoms with Crippen molar-refractivity contribution in [2.24, 2.45) is 5.73 Å². The smallest absolute Gasteiger partial charge is 0.282 e. The molecule has 2 N–H and O–H groups in total. The first kappa shape index (κ1) is 15.9. The molecular formula is C12H27N3O2S. The van der Waals surface area contributed by atoms with Crippen molar-refractivity contribution in [2.45, 2.75) is 51.0 Å². The van der Waals surface area contributed by atoms with Crippen LogP contribution in [0.2, 0.25) is 0 Å². The minimum absolute atomic E-state index is 0.364. The van der Waals surface area contributed by atoms with Gasteiger partial charge in [0.25, 0.3) is 10.2 Å². The van der Waals surface area contributed by atoms with Gasteiger partial charge in [0.05, 0.1) is 0 Å². The highest BCUT2D eigenvalue weighted by molar-refractivity contribution is 7.86. The van der Waals surface area contributed by atoms with E-state index in [9.17, 15) is 8.42 Å². The molecule has 18 heavy (non-hydrogen) atoms. The lowest BCUT2D eigenvalue weighted by Gasteiger charge is -2.45. The third-order valence-electron chi connectivity index (χ3n) is 3.86. The third-order valence-corrected chi connectivity index (χ3v) is 5.91. The lowest BCUT2D eigenvalue weighted by molar-refractivity contribution is 0.130. The molecule has 0 bridgehead atoms. The highest BCUT2D eigenvalue weighted by atomic mass is 32.2. The van der Waals surface area contributed by atoms with Crippen LogP contribution in [-0.4, -0.2) is 49.8 Å². The summed E-state index contributed by atoms with van der Waals surface area (Å²) in [6.07, 6.45) is 5.91. The highest BCUT2D eigenvalue weighted by Gasteiger charge is 2.43. The van der Waals surface area contributed by atoms with Crippen molar-refractivity contribution in [3.05, 3.63) is 0 Å². The standard InChI is InChI=1S/C12H27N3O2S/c1-4-10-15(18(16,17)14(2)3)12(11-13)8-6-5-7-9-12/h4-11,13H2,1-3H3. The lowest BCUT2D eigenvalue weighted by atomic mass is 9.81. The summed E-state index contributed by atoms with van der Waals surface area (Å²) in [6.45, 7) is 2.98. The monoisotopic (exact) mass is 277 g/mol. The van der Waals surface area contributed by atoms with Crippen LogP contribution in [0, 0.1) is 0 Å². The molecule has 1 fully saturated rings. The predicted molar refractivity (Wildman–Crippen MR) is 74.5 cm³/mol. The zero-order chi connectivity index (χ0) is 13.8. The zero-order valence-electron chi connectivity index (χ0n) is 11.9. The van der Waals surface area contributed by atoms with E-state index in [-0.39, 0.29) is 5.54 Å². The zero-order valence-corrected chi connectivity index (χ0v) is 12.7. The maximum atomic E-state index is 12.5. The SMILES string of the molecule is CCCN(C1(CN)CCCCC1)S(=O)(=O)N(C)C. The van der Waals surface area contributed by atoms with E-state index in [2.05, 4.69) is 0 Å². The van der Waals surface area contributed by atoms with E-state index in [0.29, 0.717) is 13.1 Å². The van der Waals surface area contributed by atoms with Crippen LogP contribution in [-0.2, 0) is 10.2 Å². The Kier molecular flexibility index (Phi) is 5.58. The Hall–Kier alpha value is -0.170. The van der Waals surface area contributed by atoms with Gasteiger partial charge in [-0.15, -0.1) is 0 Å². The second kappa shape index (κ2) is 6.32. The van der Waals surface area contributed by atoms with Gasteiger partial charge in [0.2, 0.25) is 0 Å². The number of nitrogens with zero attached hydrogens (tertiary/aromatic N) is 2. The van der Waals surface area contributed by atoms with E-state index in [0.717, 1.165) is 32.1 Å². The Balaban J connectivity index is 3.09. The maximum Gasteiger partial charge on any atom is 0.282 e. The third kappa shape index (κ3) is 3.04. The van der Waals surface area contributed by atoms with E-state index >= 15 is 0 Å². The Bertz CT molecular complexity index is 348. The van der Waals surface area contributed by atoms with Gasteiger partial charge in [-0.3, -0.25) is 0 Å². The van der Waals surface area contributed by atoms with Crippen molar-refractivity contribution < 1.29 is 8.42 Å². The van der Waals surface area contributed by atoms with E-state index in [4.69, 9.17) is 5.73 Å². The van der Waals surface area contributed by atoms with Crippen LogP contribution in [0.5, 0.6) is 0 Å². The normalized spacial score (nSPS) is 20.6. The number of rotatable bonds is 6. The van der Waals surface area contributed by atoms with Gasteiger partial charge in [-0.1, -0.05) is 26.2 Å². The van der Waals surface area contributed by atoms with Crippen molar-refractivity contribution in [3.63, 3.8) is 0 Å². The van der Waals surface area contributed by atoms with E-state index in [1.165, 1.54) is 10.7 Å². The molecule has 5 nitrogen and oxygen atoms in total. The molecule has 0 aliphatic heterocycles. The summed E-state index contributed by atoms with van der Waals surface area (Å²) in [5.74, 6) is 0. The van der Waals surface area contributed by atoms with Crippen LogP contribution in [0.1, 0.15) is 45.4 Å². The van der Waals surface area contributed by atoms with E-state index in [1.54, 1.807) is 18.4 Å². The minimum Gasteiger partial charge on any atom is -0.329 e. The Morgan fingerprint density at radius 1 is 1.17 bits per heavy atom. The van der Waals surface area contributed by atoms with Crippen LogP contribution < -0.4 is 5.73 Å². The molecule has 0 atom stereocenters. The molecule has 108 valence electrons. The second-order valence-electron chi connectivity index (χ2n) is 5.35. The second-order valence-corrected chi connectivity index (χ2v) is 7.42. The van der Waals surface area contributed by atoms with Gasteiger partial charge in [0.1, 0.15) is 0 Å². The molecule has 6 heteroatoms. The molecule has 0 unspecified atom stereocenters. The molecule has 0 radical (unpaired) electrons. The Morgan fingerprint density at radius 3 is 2.11 bits per heavy atom. The molecule has 0 spiro atoms. The average molecular weight is 277 g/mol. The molecule has 1 saturated carbocycles. The van der Waals surface area contributed by atoms with E-state index in [1.807, 2.05) is 6.92 Å². The molecule has 0 aromatic carbocycles. The van der Waals surface area contributed by atoms with Gasteiger partial charge in [-0.05, 0) is 19.3 Å². The first-order valence-corrected chi connectivity index (χ1v) is 8.21. The van der Waals surface area contributed by atoms with Gasteiger partial charge in [-0.25, -0.2) is 0 Å². The maximum absolute atomic E-state index is 12.5. The van der Waals surface area contributed by atoms with Gasteiger partial charge in [0.15, 0.2) is 0 Å². The quantitative estimate of drug-likeness (QED) is 0.792. The summed E-state index contributed by atoms with van der Waals surface area (Å²) in [5.41, 5.74) is 5.58. The number of hydrogen-bond acceptors (Lipinski definition) is 3. The largest absolute Gasteiger partial charge is 0.329 e. The fourth-order valence-corrected chi connectivity index (χ4v) is 4.32. The molecule has 0 aromatic heterocycles. The van der Waals surface area contributed by atoms with Crippen molar-refractivity contribution >= 4 is 10.2 Å². The fraction of sp³-hybridized carbons (Fsp3) is 1.00.